The van der Waals surface area contributed by atoms with Crippen LogP contribution in [0.1, 0.15) is 5.56 Å². The van der Waals surface area contributed by atoms with Crippen molar-refractivity contribution in [3.05, 3.63) is 45.0 Å². The molecule has 0 atom stereocenters. The van der Waals surface area contributed by atoms with Crippen LogP contribution in [0.3, 0.4) is 0 Å². The highest BCUT2D eigenvalue weighted by atomic mass is 35.5. The van der Waals surface area contributed by atoms with Gasteiger partial charge in [-0.1, -0.05) is 34.8 Å². The van der Waals surface area contributed by atoms with Crippen molar-refractivity contribution in [2.75, 3.05) is 5.73 Å². The van der Waals surface area contributed by atoms with Crippen LogP contribution >= 0.6 is 34.8 Å². The van der Waals surface area contributed by atoms with Gasteiger partial charge in [-0.3, -0.25) is 0 Å². The van der Waals surface area contributed by atoms with Gasteiger partial charge < -0.3 is 10.8 Å². The number of rotatable bonds is 2. The van der Waals surface area contributed by atoms with E-state index >= 15 is 0 Å². The number of nitrogen functional groups attached to an aromatic ring is 1. The van der Waals surface area contributed by atoms with Crippen LogP contribution in [0, 0.1) is 0 Å². The largest absolute Gasteiger partial charge is 0.392 e. The molecule has 0 aliphatic heterocycles. The third-order valence-electron chi connectivity index (χ3n) is 2.48. The second kappa shape index (κ2) is 5.33. The molecule has 0 spiro atoms. The molecule has 0 aliphatic rings. The van der Waals surface area contributed by atoms with E-state index in [-0.39, 0.29) is 6.61 Å². The van der Waals surface area contributed by atoms with Crippen molar-refractivity contribution in [3.8, 4) is 11.1 Å². The zero-order chi connectivity index (χ0) is 13.3. The number of aromatic nitrogens is 1. The minimum Gasteiger partial charge on any atom is -0.392 e. The first-order valence-corrected chi connectivity index (χ1v) is 6.16. The van der Waals surface area contributed by atoms with Crippen molar-refractivity contribution in [2.45, 2.75) is 6.61 Å². The smallest absolute Gasteiger partial charge is 0.123 e. The zero-order valence-corrected chi connectivity index (χ0v) is 11.4. The van der Waals surface area contributed by atoms with E-state index in [2.05, 4.69) is 4.98 Å². The molecule has 1 aromatic heterocycles. The van der Waals surface area contributed by atoms with E-state index in [1.54, 1.807) is 24.4 Å². The molecule has 6 heteroatoms. The number of nitrogens with zero attached hydrogens (tertiary/aromatic N) is 1. The summed E-state index contributed by atoms with van der Waals surface area (Å²) in [6.45, 7) is -0.153. The SMILES string of the molecule is Nc1cc(CO)c(-c2cc(Cl)c(Cl)c(Cl)c2)cn1. The summed E-state index contributed by atoms with van der Waals surface area (Å²) in [7, 11) is 0. The molecule has 0 bridgehead atoms. The molecule has 94 valence electrons. The number of halogens is 3. The molecule has 1 heterocycles. The summed E-state index contributed by atoms with van der Waals surface area (Å²) in [6, 6.07) is 4.94. The Hall–Kier alpha value is -1.00. The molecule has 0 unspecified atom stereocenters. The van der Waals surface area contributed by atoms with Gasteiger partial charge in [0, 0.05) is 11.8 Å². The van der Waals surface area contributed by atoms with Crippen LogP contribution in [0.2, 0.25) is 15.1 Å². The average molecular weight is 304 g/mol. The highest BCUT2D eigenvalue weighted by Gasteiger charge is 2.11. The summed E-state index contributed by atoms with van der Waals surface area (Å²) in [5.41, 5.74) is 7.66. The van der Waals surface area contributed by atoms with Crippen molar-refractivity contribution < 1.29 is 5.11 Å². The number of aliphatic hydroxyl groups is 1. The van der Waals surface area contributed by atoms with Gasteiger partial charge in [-0.2, -0.15) is 0 Å². The van der Waals surface area contributed by atoms with Gasteiger partial charge in [-0.05, 0) is 29.3 Å². The van der Waals surface area contributed by atoms with Crippen LogP contribution in [0.25, 0.3) is 11.1 Å². The highest BCUT2D eigenvalue weighted by molar-refractivity contribution is 6.48. The van der Waals surface area contributed by atoms with Gasteiger partial charge >= 0.3 is 0 Å². The van der Waals surface area contributed by atoms with Crippen LogP contribution in [-0.4, -0.2) is 10.1 Å². The molecular weight excluding hydrogens is 295 g/mol. The van der Waals surface area contributed by atoms with Crippen molar-refractivity contribution in [2.24, 2.45) is 0 Å². The predicted octanol–water partition coefficient (Wildman–Crippen LogP) is 3.78. The molecule has 2 rings (SSSR count). The van der Waals surface area contributed by atoms with E-state index in [0.717, 1.165) is 5.56 Å². The van der Waals surface area contributed by atoms with Gasteiger partial charge in [0.15, 0.2) is 0 Å². The number of nitrogens with two attached hydrogens (primary N) is 1. The Morgan fingerprint density at radius 2 is 1.72 bits per heavy atom. The van der Waals surface area contributed by atoms with Gasteiger partial charge in [0.05, 0.1) is 21.7 Å². The number of benzene rings is 1. The molecule has 1 aromatic carbocycles. The molecule has 0 aliphatic carbocycles. The Labute approximate surface area is 119 Å². The first kappa shape index (κ1) is 13.4. The molecule has 0 fully saturated rings. The fourth-order valence-electron chi connectivity index (χ4n) is 1.62. The fraction of sp³-hybridized carbons (Fsp3) is 0.0833. The van der Waals surface area contributed by atoms with Gasteiger partial charge in [-0.15, -0.1) is 0 Å². The summed E-state index contributed by atoms with van der Waals surface area (Å²) in [5, 5.41) is 10.3. The standard InChI is InChI=1S/C12H9Cl3N2O/c13-9-1-6(2-10(14)12(9)15)8-4-17-11(16)3-7(8)5-18/h1-4,18H,5H2,(H2,16,17). The molecule has 3 N–H and O–H groups in total. The number of aliphatic hydroxyl groups excluding tert-OH is 1. The van der Waals surface area contributed by atoms with Crippen molar-refractivity contribution in [1.29, 1.82) is 0 Å². The average Bonchev–Trinajstić information content (AvgIpc) is 2.35. The lowest BCUT2D eigenvalue weighted by Crippen LogP contribution is -1.96. The van der Waals surface area contributed by atoms with Gasteiger partial charge in [0.2, 0.25) is 0 Å². The normalized spacial score (nSPS) is 10.7. The minimum absolute atomic E-state index is 0.153. The lowest BCUT2D eigenvalue weighted by Gasteiger charge is -2.10. The summed E-state index contributed by atoms with van der Waals surface area (Å²) in [6.07, 6.45) is 1.57. The molecule has 0 amide bonds. The second-order valence-electron chi connectivity index (χ2n) is 3.68. The summed E-state index contributed by atoms with van der Waals surface area (Å²) < 4.78 is 0. The molecular formula is C12H9Cl3N2O. The predicted molar refractivity (Wildman–Crippen MR) is 75.0 cm³/mol. The third-order valence-corrected chi connectivity index (χ3v) is 3.67. The molecule has 0 radical (unpaired) electrons. The topological polar surface area (TPSA) is 59.1 Å². The summed E-state index contributed by atoms with van der Waals surface area (Å²) in [4.78, 5) is 3.99. The van der Waals surface area contributed by atoms with E-state index < -0.39 is 0 Å². The molecule has 0 saturated heterocycles. The van der Waals surface area contributed by atoms with Gasteiger partial charge in [-0.25, -0.2) is 4.98 Å². The van der Waals surface area contributed by atoms with Crippen molar-refractivity contribution in [3.63, 3.8) is 0 Å². The summed E-state index contributed by atoms with van der Waals surface area (Å²) >= 11 is 17.8. The van der Waals surface area contributed by atoms with E-state index in [9.17, 15) is 5.11 Å². The maximum absolute atomic E-state index is 9.32. The Kier molecular flexibility index (Phi) is 3.97. The Balaban J connectivity index is 2.62. The lowest BCUT2D eigenvalue weighted by atomic mass is 10.0. The molecule has 2 aromatic rings. The van der Waals surface area contributed by atoms with Crippen LogP contribution in [0.15, 0.2) is 24.4 Å². The van der Waals surface area contributed by atoms with E-state index in [1.165, 1.54) is 0 Å². The fourth-order valence-corrected chi connectivity index (χ4v) is 2.21. The van der Waals surface area contributed by atoms with E-state index in [4.69, 9.17) is 40.5 Å². The van der Waals surface area contributed by atoms with Crippen molar-refractivity contribution in [1.82, 2.24) is 4.98 Å². The van der Waals surface area contributed by atoms with Gasteiger partial charge in [0.1, 0.15) is 5.82 Å². The third kappa shape index (κ3) is 2.54. The van der Waals surface area contributed by atoms with Crippen LogP contribution in [0.5, 0.6) is 0 Å². The van der Waals surface area contributed by atoms with E-state index in [1.807, 2.05) is 0 Å². The van der Waals surface area contributed by atoms with Crippen LogP contribution < -0.4 is 5.73 Å². The molecule has 3 nitrogen and oxygen atoms in total. The van der Waals surface area contributed by atoms with Crippen molar-refractivity contribution >= 4 is 40.6 Å². The Bertz CT molecular complexity index is 579. The first-order valence-electron chi connectivity index (χ1n) is 5.03. The molecule has 18 heavy (non-hydrogen) atoms. The number of pyridine rings is 1. The maximum Gasteiger partial charge on any atom is 0.123 e. The minimum atomic E-state index is -0.153. The summed E-state index contributed by atoms with van der Waals surface area (Å²) in [5.74, 6) is 0.342. The first-order chi connectivity index (χ1) is 8.52. The highest BCUT2D eigenvalue weighted by Crippen LogP contribution is 2.36. The number of hydrogen-bond donors (Lipinski definition) is 2. The lowest BCUT2D eigenvalue weighted by molar-refractivity contribution is 0.282. The van der Waals surface area contributed by atoms with Crippen LogP contribution in [0.4, 0.5) is 5.82 Å². The monoisotopic (exact) mass is 302 g/mol. The second-order valence-corrected chi connectivity index (χ2v) is 4.87. The Morgan fingerprint density at radius 3 is 2.28 bits per heavy atom. The Morgan fingerprint density at radius 1 is 1.11 bits per heavy atom. The quantitative estimate of drug-likeness (QED) is 0.830. The number of hydrogen-bond acceptors (Lipinski definition) is 3. The van der Waals surface area contributed by atoms with Crippen LogP contribution in [-0.2, 0) is 6.61 Å². The number of anilines is 1. The van der Waals surface area contributed by atoms with E-state index in [0.29, 0.717) is 32.0 Å². The maximum atomic E-state index is 9.32. The van der Waals surface area contributed by atoms with Gasteiger partial charge in [0.25, 0.3) is 0 Å². The zero-order valence-electron chi connectivity index (χ0n) is 9.12. The molecule has 0 saturated carbocycles.